The third kappa shape index (κ3) is 4.99. The lowest BCUT2D eigenvalue weighted by Crippen LogP contribution is -2.34. The van der Waals surface area contributed by atoms with Crippen molar-refractivity contribution in [2.75, 3.05) is 32.6 Å². The second kappa shape index (κ2) is 8.59. The number of nitrogens with zero attached hydrogens (tertiary/aromatic N) is 2. The second-order valence-electron chi connectivity index (χ2n) is 5.08. The van der Waals surface area contributed by atoms with Crippen LogP contribution in [0.3, 0.4) is 0 Å². The Hall–Kier alpha value is -1.66. The maximum absolute atomic E-state index is 10.9. The molecule has 0 heterocycles. The van der Waals surface area contributed by atoms with E-state index in [0.29, 0.717) is 18.3 Å². The van der Waals surface area contributed by atoms with Gasteiger partial charge in [0.05, 0.1) is 11.5 Å². The van der Waals surface area contributed by atoms with Crippen LogP contribution < -0.4 is 5.32 Å². The molecule has 0 saturated heterocycles. The average molecular weight is 295 g/mol. The lowest BCUT2D eigenvalue weighted by molar-refractivity contribution is -0.384. The minimum absolute atomic E-state index is 0.105. The number of benzene rings is 1. The van der Waals surface area contributed by atoms with Gasteiger partial charge in [-0.25, -0.2) is 0 Å². The highest BCUT2D eigenvalue weighted by Gasteiger charge is 2.16. The van der Waals surface area contributed by atoms with Crippen molar-refractivity contribution in [3.05, 3.63) is 33.9 Å². The number of hydrogen-bond donors (Lipinski definition) is 1. The SMILES string of the molecule is CCC(C)N(CCOC)Cc1ccc([N+](=O)[O-])c(NC)c1. The molecule has 1 rings (SSSR count). The fourth-order valence-electron chi connectivity index (χ4n) is 2.20. The van der Waals surface area contributed by atoms with E-state index in [2.05, 4.69) is 24.1 Å². The Labute approximate surface area is 126 Å². The molecule has 0 bridgehead atoms. The number of rotatable bonds is 9. The predicted molar refractivity (Wildman–Crippen MR) is 84.7 cm³/mol. The highest BCUT2D eigenvalue weighted by Crippen LogP contribution is 2.25. The minimum atomic E-state index is -0.368. The van der Waals surface area contributed by atoms with Crippen LogP contribution in [0, 0.1) is 10.1 Å². The Morgan fingerprint density at radius 2 is 2.19 bits per heavy atom. The number of nitrogens with one attached hydrogen (secondary N) is 1. The van der Waals surface area contributed by atoms with Crippen molar-refractivity contribution in [2.24, 2.45) is 0 Å². The van der Waals surface area contributed by atoms with Crippen LogP contribution in [-0.4, -0.2) is 43.2 Å². The molecule has 1 unspecified atom stereocenters. The van der Waals surface area contributed by atoms with Crippen LogP contribution >= 0.6 is 0 Å². The monoisotopic (exact) mass is 295 g/mol. The lowest BCUT2D eigenvalue weighted by atomic mass is 10.1. The van der Waals surface area contributed by atoms with Crippen molar-refractivity contribution in [2.45, 2.75) is 32.9 Å². The molecule has 0 fully saturated rings. The van der Waals surface area contributed by atoms with Crippen LogP contribution in [0.2, 0.25) is 0 Å². The van der Waals surface area contributed by atoms with E-state index >= 15 is 0 Å². The molecule has 0 aliphatic heterocycles. The summed E-state index contributed by atoms with van der Waals surface area (Å²) in [5.74, 6) is 0. The van der Waals surface area contributed by atoms with Gasteiger partial charge in [-0.3, -0.25) is 15.0 Å². The molecule has 0 aliphatic rings. The number of methoxy groups -OCH3 is 1. The van der Waals surface area contributed by atoms with E-state index in [1.165, 1.54) is 0 Å². The van der Waals surface area contributed by atoms with E-state index in [4.69, 9.17) is 4.74 Å². The van der Waals surface area contributed by atoms with Gasteiger partial charge in [0.1, 0.15) is 5.69 Å². The van der Waals surface area contributed by atoms with Crippen molar-refractivity contribution < 1.29 is 9.66 Å². The number of ether oxygens (including phenoxy) is 1. The molecule has 0 amide bonds. The number of hydrogen-bond acceptors (Lipinski definition) is 5. The van der Waals surface area contributed by atoms with Gasteiger partial charge in [0.15, 0.2) is 0 Å². The van der Waals surface area contributed by atoms with Gasteiger partial charge in [0.2, 0.25) is 0 Å². The molecule has 6 heteroatoms. The first-order chi connectivity index (χ1) is 10.0. The van der Waals surface area contributed by atoms with E-state index in [0.717, 1.165) is 25.1 Å². The third-order valence-electron chi connectivity index (χ3n) is 3.71. The summed E-state index contributed by atoms with van der Waals surface area (Å²) >= 11 is 0. The van der Waals surface area contributed by atoms with Crippen molar-refractivity contribution in [3.8, 4) is 0 Å². The van der Waals surface area contributed by atoms with E-state index in [-0.39, 0.29) is 10.6 Å². The summed E-state index contributed by atoms with van der Waals surface area (Å²) in [4.78, 5) is 12.9. The second-order valence-corrected chi connectivity index (χ2v) is 5.08. The summed E-state index contributed by atoms with van der Waals surface area (Å²) in [5.41, 5.74) is 1.71. The van der Waals surface area contributed by atoms with E-state index in [9.17, 15) is 10.1 Å². The first-order valence-corrected chi connectivity index (χ1v) is 7.21. The van der Waals surface area contributed by atoms with Gasteiger partial charge < -0.3 is 10.1 Å². The van der Waals surface area contributed by atoms with Gasteiger partial charge >= 0.3 is 0 Å². The Bertz CT molecular complexity index is 465. The highest BCUT2D eigenvalue weighted by molar-refractivity contribution is 5.62. The zero-order valence-corrected chi connectivity index (χ0v) is 13.3. The molecule has 1 aromatic rings. The molecule has 118 valence electrons. The summed E-state index contributed by atoms with van der Waals surface area (Å²) in [6.07, 6.45) is 1.05. The van der Waals surface area contributed by atoms with Crippen molar-refractivity contribution in [3.63, 3.8) is 0 Å². The fraction of sp³-hybridized carbons (Fsp3) is 0.600. The van der Waals surface area contributed by atoms with E-state index < -0.39 is 0 Å². The van der Waals surface area contributed by atoms with E-state index in [1.54, 1.807) is 20.2 Å². The van der Waals surface area contributed by atoms with Crippen molar-refractivity contribution >= 4 is 11.4 Å². The van der Waals surface area contributed by atoms with Crippen LogP contribution in [0.1, 0.15) is 25.8 Å². The van der Waals surface area contributed by atoms with Gasteiger partial charge in [-0.1, -0.05) is 13.0 Å². The Balaban J connectivity index is 2.90. The van der Waals surface area contributed by atoms with E-state index in [1.807, 2.05) is 12.1 Å². The molecule has 21 heavy (non-hydrogen) atoms. The molecule has 0 aliphatic carbocycles. The van der Waals surface area contributed by atoms with Crippen LogP contribution in [0.15, 0.2) is 18.2 Å². The van der Waals surface area contributed by atoms with Crippen molar-refractivity contribution in [1.82, 2.24) is 4.90 Å². The number of nitro groups is 1. The molecule has 1 atom stereocenters. The van der Waals surface area contributed by atoms with Gasteiger partial charge in [0.25, 0.3) is 5.69 Å². The van der Waals surface area contributed by atoms with Gasteiger partial charge in [-0.15, -0.1) is 0 Å². The summed E-state index contributed by atoms with van der Waals surface area (Å²) in [6.45, 7) is 6.61. The number of anilines is 1. The maximum atomic E-state index is 10.9. The molecule has 1 N–H and O–H groups in total. The third-order valence-corrected chi connectivity index (χ3v) is 3.71. The summed E-state index contributed by atoms with van der Waals surface area (Å²) in [7, 11) is 3.39. The smallest absolute Gasteiger partial charge is 0.292 e. The normalized spacial score (nSPS) is 12.4. The first kappa shape index (κ1) is 17.4. The van der Waals surface area contributed by atoms with Gasteiger partial charge in [-0.2, -0.15) is 0 Å². The molecular weight excluding hydrogens is 270 g/mol. The molecule has 0 spiro atoms. The predicted octanol–water partition coefficient (Wildman–Crippen LogP) is 2.88. The van der Waals surface area contributed by atoms with Crippen LogP contribution in [0.25, 0.3) is 0 Å². The maximum Gasteiger partial charge on any atom is 0.292 e. The average Bonchev–Trinajstić information content (AvgIpc) is 2.50. The fourth-order valence-corrected chi connectivity index (χ4v) is 2.20. The summed E-state index contributed by atoms with van der Waals surface area (Å²) in [6, 6.07) is 5.67. The van der Waals surface area contributed by atoms with Crippen LogP contribution in [0.5, 0.6) is 0 Å². The first-order valence-electron chi connectivity index (χ1n) is 7.21. The standard InChI is InChI=1S/C15H25N3O3/c1-5-12(2)17(8-9-21-4)11-13-6-7-15(18(19)20)14(10-13)16-3/h6-7,10,12,16H,5,8-9,11H2,1-4H3. The zero-order chi connectivity index (χ0) is 15.8. The zero-order valence-electron chi connectivity index (χ0n) is 13.3. The Kier molecular flexibility index (Phi) is 7.11. The Morgan fingerprint density at radius 1 is 1.48 bits per heavy atom. The molecule has 6 nitrogen and oxygen atoms in total. The van der Waals surface area contributed by atoms with Gasteiger partial charge in [0, 0.05) is 39.4 Å². The van der Waals surface area contributed by atoms with Crippen LogP contribution in [-0.2, 0) is 11.3 Å². The van der Waals surface area contributed by atoms with Crippen molar-refractivity contribution in [1.29, 1.82) is 0 Å². The topological polar surface area (TPSA) is 67.6 Å². The quantitative estimate of drug-likeness (QED) is 0.560. The summed E-state index contributed by atoms with van der Waals surface area (Å²) < 4.78 is 5.16. The highest BCUT2D eigenvalue weighted by atomic mass is 16.6. The largest absolute Gasteiger partial charge is 0.383 e. The molecule has 0 aromatic heterocycles. The molecular formula is C15H25N3O3. The van der Waals surface area contributed by atoms with Gasteiger partial charge in [-0.05, 0) is 25.0 Å². The molecule has 0 radical (unpaired) electrons. The number of nitro benzene ring substituents is 1. The summed E-state index contributed by atoms with van der Waals surface area (Å²) in [5, 5.41) is 13.8. The molecule has 1 aromatic carbocycles. The lowest BCUT2D eigenvalue weighted by Gasteiger charge is -2.28. The Morgan fingerprint density at radius 3 is 2.71 bits per heavy atom. The van der Waals surface area contributed by atoms with Crippen LogP contribution in [0.4, 0.5) is 11.4 Å². The minimum Gasteiger partial charge on any atom is -0.383 e. The molecule has 0 saturated carbocycles.